The second kappa shape index (κ2) is 12.7. The lowest BCUT2D eigenvalue weighted by atomic mass is 9.89. The van der Waals surface area contributed by atoms with E-state index in [2.05, 4.69) is 24.8 Å². The first kappa shape index (κ1) is 24.3. The van der Waals surface area contributed by atoms with E-state index in [1.807, 2.05) is 26.0 Å². The Morgan fingerprint density at radius 2 is 1.79 bits per heavy atom. The van der Waals surface area contributed by atoms with Gasteiger partial charge in [-0.1, -0.05) is 32.9 Å². The van der Waals surface area contributed by atoms with Gasteiger partial charge >= 0.3 is 0 Å². The number of carbonyl (C=O) groups is 1. The summed E-state index contributed by atoms with van der Waals surface area (Å²) in [5.41, 5.74) is 8.98. The van der Waals surface area contributed by atoms with Crippen LogP contribution in [0.2, 0.25) is 0 Å². The van der Waals surface area contributed by atoms with Crippen LogP contribution in [0.5, 0.6) is 0 Å². The van der Waals surface area contributed by atoms with Gasteiger partial charge in [0.25, 0.3) is 0 Å². The minimum absolute atomic E-state index is 0.166. The molecule has 154 valence electrons. The molecule has 1 fully saturated rings. The summed E-state index contributed by atoms with van der Waals surface area (Å²) in [6.45, 7) is 6.23. The Kier molecular flexibility index (Phi) is 11.0. The Labute approximate surface area is 173 Å². The minimum atomic E-state index is -0.166. The number of benzene rings is 2. The fourth-order valence-electron chi connectivity index (χ4n) is 3.08. The number of hydrogen-bond donors (Lipinski definition) is 2. The van der Waals surface area contributed by atoms with Gasteiger partial charge in [0.05, 0.1) is 0 Å². The fourth-order valence-corrected chi connectivity index (χ4v) is 3.37. The topological polar surface area (TPSA) is 69.1 Å². The molecule has 4 N–H and O–H groups in total. The summed E-state index contributed by atoms with van der Waals surface area (Å²) in [5, 5.41) is 5.36. The van der Waals surface area contributed by atoms with Crippen molar-refractivity contribution < 1.29 is 9.18 Å². The molecule has 5 heteroatoms. The Bertz CT molecular complexity index is 682. The van der Waals surface area contributed by atoms with Crippen LogP contribution in [0, 0.1) is 5.82 Å². The normalized spacial score (nSPS) is 12.6. The van der Waals surface area contributed by atoms with Crippen LogP contribution in [-0.2, 0) is 17.6 Å². The molecule has 0 atom stereocenters. The van der Waals surface area contributed by atoms with Gasteiger partial charge in [-0.2, -0.15) is 0 Å². The van der Waals surface area contributed by atoms with Crippen molar-refractivity contribution in [2.24, 2.45) is 10.9 Å². The molecule has 1 aliphatic rings. The number of halogens is 1. The van der Waals surface area contributed by atoms with Gasteiger partial charge in [0.2, 0.25) is 0 Å². The van der Waals surface area contributed by atoms with Crippen LogP contribution >= 0.6 is 11.9 Å². The van der Waals surface area contributed by atoms with E-state index < -0.39 is 0 Å². The highest BCUT2D eigenvalue weighted by atomic mass is 32.2. The summed E-state index contributed by atoms with van der Waals surface area (Å²) < 4.78 is 13.5. The van der Waals surface area contributed by atoms with Crippen molar-refractivity contribution in [2.75, 3.05) is 7.05 Å². The molecule has 0 aromatic heterocycles. The van der Waals surface area contributed by atoms with Crippen molar-refractivity contribution in [3.8, 4) is 0 Å². The van der Waals surface area contributed by atoms with Crippen LogP contribution in [0.1, 0.15) is 67.7 Å². The number of nitrogens with two attached hydrogens (primary N) is 2. The molecule has 0 bridgehead atoms. The zero-order valence-electron chi connectivity index (χ0n) is 17.4. The zero-order valence-corrected chi connectivity index (χ0v) is 18.2. The van der Waals surface area contributed by atoms with Gasteiger partial charge in [-0.25, -0.2) is 4.39 Å². The van der Waals surface area contributed by atoms with Crippen LogP contribution in [0.3, 0.4) is 0 Å². The van der Waals surface area contributed by atoms with Crippen LogP contribution in [-0.4, -0.2) is 13.3 Å². The molecule has 2 aromatic carbocycles. The summed E-state index contributed by atoms with van der Waals surface area (Å²) in [7, 11) is 1.50. The van der Waals surface area contributed by atoms with E-state index in [0.717, 1.165) is 47.1 Å². The Balaban J connectivity index is 0.000000281. The highest BCUT2D eigenvalue weighted by Gasteiger charge is 2.28. The summed E-state index contributed by atoms with van der Waals surface area (Å²) in [6.07, 6.45) is 4.69. The van der Waals surface area contributed by atoms with E-state index in [4.69, 9.17) is 5.14 Å². The number of aldehydes is 1. The Morgan fingerprint density at radius 3 is 2.21 bits per heavy atom. The monoisotopic (exact) mass is 404 g/mol. The van der Waals surface area contributed by atoms with Crippen molar-refractivity contribution in [2.45, 2.75) is 63.2 Å². The van der Waals surface area contributed by atoms with Crippen molar-refractivity contribution in [3.05, 3.63) is 64.5 Å². The predicted octanol–water partition coefficient (Wildman–Crippen LogP) is 5.36. The number of hydrogen-bond acceptors (Lipinski definition) is 4. The van der Waals surface area contributed by atoms with Crippen LogP contribution < -0.4 is 10.9 Å². The van der Waals surface area contributed by atoms with Crippen molar-refractivity contribution >= 4 is 18.2 Å². The van der Waals surface area contributed by atoms with Crippen LogP contribution in [0.4, 0.5) is 4.39 Å². The Morgan fingerprint density at radius 1 is 1.18 bits per heavy atom. The van der Waals surface area contributed by atoms with Gasteiger partial charge in [0, 0.05) is 11.3 Å². The summed E-state index contributed by atoms with van der Waals surface area (Å²) in [5.74, 6) is 0.589. The molecule has 28 heavy (non-hydrogen) atoms. The molecule has 1 saturated carbocycles. The molecular weight excluding hydrogens is 371 g/mol. The van der Waals surface area contributed by atoms with Crippen molar-refractivity contribution in [1.82, 2.24) is 0 Å². The average Bonchev–Trinajstić information content (AvgIpc) is 3.56. The van der Waals surface area contributed by atoms with Gasteiger partial charge in [-0.3, -0.25) is 5.14 Å². The molecule has 1 aliphatic carbocycles. The quantitative estimate of drug-likeness (QED) is 0.502. The number of rotatable bonds is 6. The Hall–Kier alpha value is -1.69. The van der Waals surface area contributed by atoms with E-state index in [1.54, 1.807) is 12.1 Å². The number of aryl methyl sites for hydroxylation is 1. The summed E-state index contributed by atoms with van der Waals surface area (Å²) >= 11 is 1.29. The molecule has 0 radical (unpaired) electrons. The molecule has 3 rings (SSSR count). The lowest BCUT2D eigenvalue weighted by Gasteiger charge is -2.16. The SMILES string of the molecule is CC(C)c1cc(F)cc(C2CC2)c1CC=O.CCc1ccc(SN)cc1.CN. The first-order valence-corrected chi connectivity index (χ1v) is 10.7. The lowest BCUT2D eigenvalue weighted by Crippen LogP contribution is -2.03. The third kappa shape index (κ3) is 7.38. The van der Waals surface area contributed by atoms with Gasteiger partial charge < -0.3 is 10.5 Å². The highest BCUT2D eigenvalue weighted by Crippen LogP contribution is 2.43. The summed E-state index contributed by atoms with van der Waals surface area (Å²) in [4.78, 5) is 11.9. The summed E-state index contributed by atoms with van der Waals surface area (Å²) in [6, 6.07) is 11.5. The zero-order chi connectivity index (χ0) is 21.1. The van der Waals surface area contributed by atoms with E-state index in [0.29, 0.717) is 12.3 Å². The van der Waals surface area contributed by atoms with Gasteiger partial charge in [-0.15, -0.1) is 0 Å². The maximum absolute atomic E-state index is 13.5. The smallest absolute Gasteiger partial charge is 0.124 e. The number of carbonyl (C=O) groups excluding carboxylic acids is 1. The molecule has 0 aliphatic heterocycles. The van der Waals surface area contributed by atoms with Crippen molar-refractivity contribution in [3.63, 3.8) is 0 Å². The fraction of sp³-hybridized carbons (Fsp3) is 0.435. The molecule has 2 aromatic rings. The van der Waals surface area contributed by atoms with Crippen molar-refractivity contribution in [1.29, 1.82) is 0 Å². The molecular formula is C23H33FN2OS. The van der Waals surface area contributed by atoms with E-state index in [-0.39, 0.29) is 11.7 Å². The first-order chi connectivity index (χ1) is 13.5. The molecule has 0 heterocycles. The van der Waals surface area contributed by atoms with Crippen LogP contribution in [0.25, 0.3) is 0 Å². The van der Waals surface area contributed by atoms with Gasteiger partial charge in [-0.05, 0) is 96.6 Å². The lowest BCUT2D eigenvalue weighted by molar-refractivity contribution is -0.107. The maximum Gasteiger partial charge on any atom is 0.124 e. The minimum Gasteiger partial charge on any atom is -0.333 e. The van der Waals surface area contributed by atoms with E-state index in [1.165, 1.54) is 24.6 Å². The molecule has 0 spiro atoms. The van der Waals surface area contributed by atoms with Gasteiger partial charge in [0.15, 0.2) is 0 Å². The van der Waals surface area contributed by atoms with E-state index in [9.17, 15) is 9.18 Å². The largest absolute Gasteiger partial charge is 0.333 e. The first-order valence-electron chi connectivity index (χ1n) is 9.79. The average molecular weight is 405 g/mol. The maximum atomic E-state index is 13.5. The third-order valence-corrected chi connectivity index (χ3v) is 5.22. The third-order valence-electron chi connectivity index (χ3n) is 4.68. The van der Waals surface area contributed by atoms with E-state index >= 15 is 0 Å². The predicted molar refractivity (Wildman–Crippen MR) is 118 cm³/mol. The molecule has 0 unspecified atom stereocenters. The van der Waals surface area contributed by atoms with Gasteiger partial charge in [0.1, 0.15) is 12.1 Å². The second-order valence-electron chi connectivity index (χ2n) is 6.98. The second-order valence-corrected chi connectivity index (χ2v) is 7.69. The molecule has 0 amide bonds. The molecule has 0 saturated heterocycles. The highest BCUT2D eigenvalue weighted by molar-refractivity contribution is 7.97. The van der Waals surface area contributed by atoms with Crippen LogP contribution in [0.15, 0.2) is 41.3 Å². The standard InChI is InChI=1S/C14H17FO.C8H11NS.CH5N/c1-9(2)13-7-11(15)8-14(10-3-4-10)12(13)5-6-16;1-2-7-3-5-8(10-9)6-4-7;1-2/h6-10H,3-5H2,1-2H3;3-6H,2,9H2,1H3;2H2,1H3. The molecule has 3 nitrogen and oxygen atoms in total.